The van der Waals surface area contributed by atoms with Crippen LogP contribution >= 0.6 is 0 Å². The van der Waals surface area contributed by atoms with Crippen LogP contribution in [0.2, 0.25) is 0 Å². The van der Waals surface area contributed by atoms with Gasteiger partial charge in [-0.2, -0.15) is 0 Å². The van der Waals surface area contributed by atoms with E-state index in [1.54, 1.807) is 10.9 Å². The van der Waals surface area contributed by atoms with Gasteiger partial charge in [-0.3, -0.25) is 10.9 Å². The molecule has 122 valence electrons. The molecular weight excluding hydrogens is 252 g/mol. The smallest absolute Gasteiger partial charge is 0.275 e. The van der Waals surface area contributed by atoms with Crippen molar-refractivity contribution in [3.05, 3.63) is 0 Å². The highest BCUT2D eigenvalue weighted by Crippen LogP contribution is 2.11. The maximum atomic E-state index is 9.71. The number of nitrogens with two attached hydrogens (primary N) is 2. The second-order valence-corrected chi connectivity index (χ2v) is 5.15. The highest BCUT2D eigenvalue weighted by atomic mass is 16.2. The fourth-order valence-electron chi connectivity index (χ4n) is 1.96. The van der Waals surface area contributed by atoms with Crippen molar-refractivity contribution >= 4 is 6.03 Å². The molecule has 0 bridgehead atoms. The van der Waals surface area contributed by atoms with Crippen LogP contribution in [0, 0.1) is 0 Å². The first-order valence-electron chi connectivity index (χ1n) is 8.20. The van der Waals surface area contributed by atoms with Crippen LogP contribution in [0.3, 0.4) is 0 Å². The minimum Gasteiger partial charge on any atom is -0.275 e. The van der Waals surface area contributed by atoms with E-state index in [2.05, 4.69) is 25.5 Å². The molecule has 0 saturated carbocycles. The largest absolute Gasteiger partial charge is 0.343 e. The number of nitrogens with one attached hydrogen (secondary N) is 2. The number of rotatable bonds is 11. The van der Waals surface area contributed by atoms with E-state index in [-0.39, 0.29) is 0 Å². The molecule has 0 saturated heterocycles. The van der Waals surface area contributed by atoms with Gasteiger partial charge >= 0.3 is 6.03 Å². The van der Waals surface area contributed by atoms with Crippen LogP contribution in [0.1, 0.15) is 90.9 Å². The normalized spacial score (nSPS) is 9.60. The van der Waals surface area contributed by atoms with E-state index < -0.39 is 6.03 Å². The number of unbranched alkanes of at least 4 members (excludes halogenated alkanes) is 11. The van der Waals surface area contributed by atoms with Crippen LogP contribution in [-0.2, 0) is 0 Å². The first kappa shape index (κ1) is 21.5. The summed E-state index contributed by atoms with van der Waals surface area (Å²) in [5.41, 5.74) is 3.48. The lowest BCUT2D eigenvalue weighted by molar-refractivity contribution is 0.241. The molecule has 2 amide bonds. The third-order valence-corrected chi connectivity index (χ3v) is 3.22. The highest BCUT2D eigenvalue weighted by molar-refractivity contribution is 5.72. The fraction of sp³-hybridized carbons (Fsp3) is 0.933. The van der Waals surface area contributed by atoms with Crippen LogP contribution < -0.4 is 22.5 Å². The number of hydrogen-bond donors (Lipinski definition) is 4. The topological polar surface area (TPSA) is 93.2 Å². The molecule has 0 heterocycles. The first-order chi connectivity index (χ1) is 9.72. The molecule has 0 rings (SSSR count). The van der Waals surface area contributed by atoms with Gasteiger partial charge in [-0.05, 0) is 0 Å². The van der Waals surface area contributed by atoms with Crippen LogP contribution in [0.4, 0.5) is 4.79 Å². The monoisotopic (exact) mass is 288 g/mol. The van der Waals surface area contributed by atoms with E-state index in [0.717, 1.165) is 0 Å². The molecule has 0 radical (unpaired) electrons. The summed E-state index contributed by atoms with van der Waals surface area (Å²) < 4.78 is 0. The molecule has 20 heavy (non-hydrogen) atoms. The molecule has 5 nitrogen and oxygen atoms in total. The third kappa shape index (κ3) is 22.4. The Labute approximate surface area is 125 Å². The van der Waals surface area contributed by atoms with Gasteiger partial charge in [0.15, 0.2) is 0 Å². The van der Waals surface area contributed by atoms with Gasteiger partial charge in [0.1, 0.15) is 0 Å². The number of carbonyl (C=O) groups excluding carboxylic acids is 1. The quantitative estimate of drug-likeness (QED) is 0.202. The van der Waals surface area contributed by atoms with Gasteiger partial charge in [0.2, 0.25) is 0 Å². The van der Waals surface area contributed by atoms with Crippen molar-refractivity contribution in [3.8, 4) is 0 Å². The molecule has 0 spiro atoms. The molecule has 0 aliphatic rings. The minimum atomic E-state index is -0.602. The fourth-order valence-corrected chi connectivity index (χ4v) is 1.96. The molecule has 0 unspecified atom stereocenters. The van der Waals surface area contributed by atoms with Gasteiger partial charge in [0.25, 0.3) is 0 Å². The predicted octanol–water partition coefficient (Wildman–Crippen LogP) is 3.74. The van der Waals surface area contributed by atoms with Crippen molar-refractivity contribution in [1.82, 2.24) is 10.9 Å². The zero-order valence-corrected chi connectivity index (χ0v) is 13.5. The Balaban J connectivity index is 0. The average molecular weight is 288 g/mol. The summed E-state index contributed by atoms with van der Waals surface area (Å²) in [6.07, 6.45) is 17.4. The molecule has 5 heteroatoms. The Kier molecular flexibility index (Phi) is 22.0. The molecule has 0 aliphatic heterocycles. The van der Waals surface area contributed by atoms with Crippen LogP contribution in [-0.4, -0.2) is 6.03 Å². The van der Waals surface area contributed by atoms with Gasteiger partial charge in [0.05, 0.1) is 0 Å². The van der Waals surface area contributed by atoms with E-state index >= 15 is 0 Å². The van der Waals surface area contributed by atoms with Crippen LogP contribution in [0.5, 0.6) is 0 Å². The van der Waals surface area contributed by atoms with Crippen molar-refractivity contribution < 1.29 is 4.79 Å². The molecule has 6 N–H and O–H groups in total. The van der Waals surface area contributed by atoms with Gasteiger partial charge in [-0.25, -0.2) is 16.5 Å². The molecule has 0 aromatic carbocycles. The van der Waals surface area contributed by atoms with Gasteiger partial charge < -0.3 is 0 Å². The third-order valence-electron chi connectivity index (χ3n) is 3.22. The van der Waals surface area contributed by atoms with Gasteiger partial charge in [-0.15, -0.1) is 0 Å². The maximum Gasteiger partial charge on any atom is 0.343 e. The molecule has 0 atom stereocenters. The zero-order valence-electron chi connectivity index (χ0n) is 13.5. The SMILES string of the molecule is CCCCCCCCCCCCCC.NNC(=O)NN. The van der Waals surface area contributed by atoms with Gasteiger partial charge in [0, 0.05) is 0 Å². The zero-order chi connectivity index (χ0) is 15.5. The molecule has 0 aromatic rings. The van der Waals surface area contributed by atoms with E-state index in [0.29, 0.717) is 0 Å². The minimum absolute atomic E-state index is 0.602. The lowest BCUT2D eigenvalue weighted by Crippen LogP contribution is -2.43. The Morgan fingerprint density at radius 2 is 0.900 bits per heavy atom. The summed E-state index contributed by atoms with van der Waals surface area (Å²) in [6.45, 7) is 4.57. The summed E-state index contributed by atoms with van der Waals surface area (Å²) in [5.74, 6) is 9.08. The van der Waals surface area contributed by atoms with Crippen molar-refractivity contribution in [2.24, 2.45) is 11.7 Å². The summed E-state index contributed by atoms with van der Waals surface area (Å²) in [4.78, 5) is 9.71. The molecule has 0 aromatic heterocycles. The summed E-state index contributed by atoms with van der Waals surface area (Å²) in [6, 6.07) is -0.602. The molecule has 0 aliphatic carbocycles. The first-order valence-corrected chi connectivity index (χ1v) is 8.20. The van der Waals surface area contributed by atoms with Crippen LogP contribution in [0.15, 0.2) is 0 Å². The number of hydrazine groups is 2. The van der Waals surface area contributed by atoms with E-state index in [9.17, 15) is 4.79 Å². The summed E-state index contributed by atoms with van der Waals surface area (Å²) in [5, 5.41) is 0. The van der Waals surface area contributed by atoms with E-state index in [1.165, 1.54) is 77.0 Å². The standard InChI is InChI=1S/C14H30.CH6N4O/c1-3-5-7-9-11-13-14-12-10-8-6-4-2;2-4-1(6)5-3/h3-14H2,1-2H3;2-3H2,(H2,4,5,6). The van der Waals surface area contributed by atoms with E-state index in [1.807, 2.05) is 0 Å². The lowest BCUT2D eigenvalue weighted by atomic mass is 10.1. The highest BCUT2D eigenvalue weighted by Gasteiger charge is 1.91. The predicted molar refractivity (Wildman–Crippen MR) is 86.8 cm³/mol. The molecular formula is C15H36N4O. The average Bonchev–Trinajstić information content (AvgIpc) is 2.49. The second-order valence-electron chi connectivity index (χ2n) is 5.15. The lowest BCUT2D eigenvalue weighted by Gasteiger charge is -2.01. The number of carbonyl (C=O) groups is 1. The summed E-state index contributed by atoms with van der Waals surface area (Å²) >= 11 is 0. The Bertz CT molecular complexity index is 171. The summed E-state index contributed by atoms with van der Waals surface area (Å²) in [7, 11) is 0. The van der Waals surface area contributed by atoms with Crippen LogP contribution in [0.25, 0.3) is 0 Å². The maximum absolute atomic E-state index is 9.71. The number of hydrogen-bond acceptors (Lipinski definition) is 3. The Morgan fingerprint density at radius 1 is 0.650 bits per heavy atom. The Hall–Kier alpha value is -0.810. The number of urea groups is 1. The van der Waals surface area contributed by atoms with Gasteiger partial charge in [-0.1, -0.05) is 90.9 Å². The van der Waals surface area contributed by atoms with Crippen molar-refractivity contribution in [3.63, 3.8) is 0 Å². The van der Waals surface area contributed by atoms with Crippen molar-refractivity contribution in [1.29, 1.82) is 0 Å². The van der Waals surface area contributed by atoms with Crippen molar-refractivity contribution in [2.75, 3.05) is 0 Å². The number of amides is 2. The van der Waals surface area contributed by atoms with Crippen molar-refractivity contribution in [2.45, 2.75) is 90.9 Å². The molecule has 0 fully saturated rings. The Morgan fingerprint density at radius 3 is 1.05 bits per heavy atom. The van der Waals surface area contributed by atoms with E-state index in [4.69, 9.17) is 0 Å². The second kappa shape index (κ2) is 20.5.